The van der Waals surface area contributed by atoms with Crippen LogP contribution in [-0.2, 0) is 17.7 Å². The number of nitrogens with one attached hydrogen (secondary N) is 2. The van der Waals surface area contributed by atoms with Crippen molar-refractivity contribution >= 4 is 35.1 Å². The molecule has 6 rings (SSSR count). The second-order valence-corrected chi connectivity index (χ2v) is 13.0. The lowest BCUT2D eigenvalue weighted by atomic mass is 9.97. The number of nitrogen functional groups attached to an aromatic ring is 1. The zero-order valence-electron chi connectivity index (χ0n) is 28.6. The van der Waals surface area contributed by atoms with Crippen LogP contribution in [0.15, 0.2) is 66.9 Å². The monoisotopic (exact) mass is 716 g/mol. The molecule has 0 unspecified atom stereocenters. The number of para-hydroxylation sites is 1. The number of nitrogens with zero attached hydrogens (tertiary/aromatic N) is 3. The number of fused-ring (bicyclic) bond motifs is 2. The Hall–Kier alpha value is -6.25. The minimum Gasteiger partial charge on any atom is -0.477 e. The number of aromatic nitrogens is 3. The summed E-state index contributed by atoms with van der Waals surface area (Å²) < 4.78 is 45.6. The molecule has 12 nitrogen and oxygen atoms in total. The van der Waals surface area contributed by atoms with Crippen molar-refractivity contribution in [3.05, 3.63) is 129 Å². The second-order valence-electron chi connectivity index (χ2n) is 13.0. The topological polar surface area (TPSA) is 178 Å². The third-order valence-corrected chi connectivity index (χ3v) is 8.13. The first-order valence-corrected chi connectivity index (χ1v) is 16.0. The summed E-state index contributed by atoms with van der Waals surface area (Å²) in [6.07, 6.45) is 2.16. The van der Waals surface area contributed by atoms with Crippen molar-refractivity contribution in [2.24, 2.45) is 0 Å². The van der Waals surface area contributed by atoms with E-state index in [1.165, 1.54) is 24.3 Å². The molecule has 0 saturated carbocycles. The average Bonchev–Trinajstić information content (AvgIpc) is 3.70. The van der Waals surface area contributed by atoms with E-state index in [0.717, 1.165) is 39.5 Å². The van der Waals surface area contributed by atoms with Crippen molar-refractivity contribution < 1.29 is 42.2 Å². The van der Waals surface area contributed by atoms with Gasteiger partial charge in [0.1, 0.15) is 28.4 Å². The van der Waals surface area contributed by atoms with E-state index in [1.54, 1.807) is 45.0 Å². The number of halogens is 3. The highest BCUT2D eigenvalue weighted by atomic mass is 19.2. The summed E-state index contributed by atoms with van der Waals surface area (Å²) in [7, 11) is 0. The van der Waals surface area contributed by atoms with Crippen LogP contribution in [-0.4, -0.2) is 49.1 Å². The molecule has 0 spiro atoms. The summed E-state index contributed by atoms with van der Waals surface area (Å²) in [5, 5.41) is 19.1. The fraction of sp³-hybridized carbons (Fsp3) is 0.243. The van der Waals surface area contributed by atoms with Gasteiger partial charge in [-0.05, 0) is 93.1 Å². The molecule has 52 heavy (non-hydrogen) atoms. The number of hydrogen-bond acceptors (Lipinski definition) is 8. The Kier molecular flexibility index (Phi) is 10.6. The van der Waals surface area contributed by atoms with Gasteiger partial charge in [-0.2, -0.15) is 5.10 Å². The Morgan fingerprint density at radius 1 is 0.962 bits per heavy atom. The van der Waals surface area contributed by atoms with Gasteiger partial charge in [0, 0.05) is 12.6 Å². The number of amides is 2. The first kappa shape index (κ1) is 37.0. The molecular formula is C37H35F3N6O6. The lowest BCUT2D eigenvalue weighted by Crippen LogP contribution is -2.31. The van der Waals surface area contributed by atoms with Gasteiger partial charge < -0.3 is 26.2 Å². The van der Waals surface area contributed by atoms with Gasteiger partial charge in [0.25, 0.3) is 11.8 Å². The Balaban J connectivity index is 0.000000577. The van der Waals surface area contributed by atoms with E-state index in [4.69, 9.17) is 10.5 Å². The normalized spacial score (nSPS) is 13.5. The van der Waals surface area contributed by atoms with Crippen LogP contribution in [0.5, 0.6) is 0 Å². The van der Waals surface area contributed by atoms with Crippen LogP contribution in [0.1, 0.15) is 97.2 Å². The molecule has 5 aromatic rings. The quantitative estimate of drug-likeness (QED) is 0.121. The van der Waals surface area contributed by atoms with Crippen LogP contribution in [0, 0.1) is 24.4 Å². The van der Waals surface area contributed by atoms with Gasteiger partial charge in [-0.1, -0.05) is 24.3 Å². The molecule has 1 atom stereocenters. The smallest absolute Gasteiger partial charge is 0.341 e. The SMILES string of the molecule is Cc1c(C(=O)OC(C)(C)C)ccc2c1CC[C@@H]2NC(=O)c1cc(C(=O)NCc2ccc(F)c(F)c2)nc2c(C(=O)O)cnn12.Nc1ccccc1F. The first-order valence-electron chi connectivity index (χ1n) is 16.0. The number of anilines is 1. The second kappa shape index (κ2) is 14.9. The van der Waals surface area contributed by atoms with Gasteiger partial charge in [0.05, 0.1) is 23.5 Å². The van der Waals surface area contributed by atoms with Crippen molar-refractivity contribution in [1.29, 1.82) is 0 Å². The van der Waals surface area contributed by atoms with Crippen LogP contribution in [0.25, 0.3) is 5.65 Å². The van der Waals surface area contributed by atoms with Crippen LogP contribution in [0.4, 0.5) is 18.9 Å². The third-order valence-electron chi connectivity index (χ3n) is 8.13. The van der Waals surface area contributed by atoms with E-state index in [9.17, 15) is 37.5 Å². The Bertz CT molecular complexity index is 2190. The van der Waals surface area contributed by atoms with Gasteiger partial charge in [0.2, 0.25) is 0 Å². The summed E-state index contributed by atoms with van der Waals surface area (Å²) in [4.78, 5) is 55.3. The van der Waals surface area contributed by atoms with E-state index in [0.29, 0.717) is 18.4 Å². The molecule has 15 heteroatoms. The Morgan fingerprint density at radius 2 is 1.69 bits per heavy atom. The van der Waals surface area contributed by atoms with E-state index in [-0.39, 0.29) is 46.2 Å². The maximum atomic E-state index is 13.6. The molecule has 0 bridgehead atoms. The van der Waals surface area contributed by atoms with Gasteiger partial charge in [0.15, 0.2) is 17.3 Å². The maximum Gasteiger partial charge on any atom is 0.341 e. The molecule has 0 saturated heterocycles. The number of hydrogen-bond donors (Lipinski definition) is 4. The summed E-state index contributed by atoms with van der Waals surface area (Å²) in [5.41, 5.74) is 6.93. The molecule has 2 heterocycles. The first-order chi connectivity index (χ1) is 24.5. The number of carboxylic acids is 1. The Labute approximate surface area is 295 Å². The van der Waals surface area contributed by atoms with Crippen molar-refractivity contribution in [3.63, 3.8) is 0 Å². The van der Waals surface area contributed by atoms with E-state index in [2.05, 4.69) is 20.7 Å². The molecule has 270 valence electrons. The molecule has 3 aromatic carbocycles. The fourth-order valence-electron chi connectivity index (χ4n) is 5.61. The highest BCUT2D eigenvalue weighted by molar-refractivity contribution is 6.01. The van der Waals surface area contributed by atoms with Gasteiger partial charge in [-0.15, -0.1) is 0 Å². The number of carbonyl (C=O) groups excluding carboxylic acids is 3. The largest absolute Gasteiger partial charge is 0.477 e. The predicted molar refractivity (Wildman–Crippen MR) is 183 cm³/mol. The number of carbonyl (C=O) groups is 4. The molecule has 1 aliphatic rings. The fourth-order valence-corrected chi connectivity index (χ4v) is 5.61. The van der Waals surface area contributed by atoms with E-state index >= 15 is 0 Å². The van der Waals surface area contributed by atoms with Gasteiger partial charge in [-0.25, -0.2) is 32.3 Å². The van der Waals surface area contributed by atoms with Gasteiger partial charge in [-0.3, -0.25) is 9.59 Å². The number of benzene rings is 3. The maximum absolute atomic E-state index is 13.6. The van der Waals surface area contributed by atoms with Crippen molar-refractivity contribution in [1.82, 2.24) is 25.2 Å². The summed E-state index contributed by atoms with van der Waals surface area (Å²) >= 11 is 0. The van der Waals surface area contributed by atoms with Crippen molar-refractivity contribution in [2.75, 3.05) is 5.73 Å². The number of rotatable bonds is 7. The molecule has 2 amide bonds. The molecule has 1 aliphatic carbocycles. The molecule has 0 aliphatic heterocycles. The highest BCUT2D eigenvalue weighted by Crippen LogP contribution is 2.35. The number of ether oxygens (including phenoxy) is 1. The number of esters is 1. The molecule has 5 N–H and O–H groups in total. The highest BCUT2D eigenvalue weighted by Gasteiger charge is 2.30. The molecule has 2 aromatic heterocycles. The third kappa shape index (κ3) is 8.20. The van der Waals surface area contributed by atoms with E-state index in [1.807, 2.05) is 6.92 Å². The Morgan fingerprint density at radius 3 is 2.33 bits per heavy atom. The molecule has 0 fully saturated rings. The molecular weight excluding hydrogens is 681 g/mol. The van der Waals surface area contributed by atoms with Crippen LogP contribution >= 0.6 is 0 Å². The van der Waals surface area contributed by atoms with Gasteiger partial charge >= 0.3 is 11.9 Å². The van der Waals surface area contributed by atoms with E-state index < -0.39 is 47.0 Å². The summed E-state index contributed by atoms with van der Waals surface area (Å²) in [6.45, 7) is 7.01. The van der Waals surface area contributed by atoms with Crippen LogP contribution in [0.3, 0.4) is 0 Å². The van der Waals surface area contributed by atoms with Crippen LogP contribution in [0.2, 0.25) is 0 Å². The zero-order chi connectivity index (χ0) is 37.9. The molecule has 0 radical (unpaired) electrons. The lowest BCUT2D eigenvalue weighted by Gasteiger charge is -2.21. The number of aromatic carboxylic acids is 1. The summed E-state index contributed by atoms with van der Waals surface area (Å²) in [6, 6.07) is 13.5. The minimum absolute atomic E-state index is 0.143. The van der Waals surface area contributed by atoms with Crippen molar-refractivity contribution in [3.8, 4) is 0 Å². The number of nitrogens with two attached hydrogens (primary N) is 1. The number of carboxylic acid groups (broad SMARTS) is 1. The average molecular weight is 717 g/mol. The standard InChI is InChI=1S/C31H29F2N5O6.C6H6FN/c1-15-17-8-10-23(19(17)7-6-18(15)30(43)44-31(2,3)4)37-28(40)25-12-24(36-26-20(29(41)42)14-35-38(25)26)27(39)34-13-16-5-9-21(32)22(33)11-16;7-5-3-1-2-4-6(5)8/h5-7,9,11-12,14,23H,8,10,13H2,1-4H3,(H,34,39)(H,37,40)(H,41,42);1-4H,8H2/t23-;/m0./s1. The minimum atomic E-state index is -1.36. The zero-order valence-corrected chi connectivity index (χ0v) is 28.6. The summed E-state index contributed by atoms with van der Waals surface area (Å²) in [5.74, 6) is -5.68. The van der Waals surface area contributed by atoms with Crippen LogP contribution < -0.4 is 16.4 Å². The predicted octanol–water partition coefficient (Wildman–Crippen LogP) is 5.72. The lowest BCUT2D eigenvalue weighted by molar-refractivity contribution is 0.00681. The van der Waals surface area contributed by atoms with Crippen molar-refractivity contribution in [2.45, 2.75) is 58.7 Å².